The van der Waals surface area contributed by atoms with Crippen molar-refractivity contribution in [3.63, 3.8) is 0 Å². The number of aryl methyl sites for hydroxylation is 2. The van der Waals surface area contributed by atoms with Crippen molar-refractivity contribution in [3.05, 3.63) is 39.7 Å². The van der Waals surface area contributed by atoms with E-state index < -0.39 is 29.3 Å². The van der Waals surface area contributed by atoms with Crippen LogP contribution in [0.2, 0.25) is 0 Å². The second-order valence-corrected chi connectivity index (χ2v) is 8.56. The van der Waals surface area contributed by atoms with Gasteiger partial charge in [-0.15, -0.1) is 0 Å². The topological polar surface area (TPSA) is 94.8 Å². The van der Waals surface area contributed by atoms with Crippen molar-refractivity contribution in [2.24, 2.45) is 5.92 Å². The van der Waals surface area contributed by atoms with E-state index in [1.165, 1.54) is 6.07 Å². The third-order valence-electron chi connectivity index (χ3n) is 4.21. The van der Waals surface area contributed by atoms with Gasteiger partial charge < -0.3 is 19.2 Å². The van der Waals surface area contributed by atoms with E-state index in [9.17, 15) is 14.4 Å². The fourth-order valence-electron chi connectivity index (χ4n) is 2.93. The van der Waals surface area contributed by atoms with Crippen LogP contribution < -0.4 is 15.7 Å². The van der Waals surface area contributed by atoms with Gasteiger partial charge in [-0.2, -0.15) is 0 Å². The van der Waals surface area contributed by atoms with Crippen LogP contribution in [0.5, 0.6) is 5.75 Å². The first-order chi connectivity index (χ1) is 13.4. The summed E-state index contributed by atoms with van der Waals surface area (Å²) in [6.07, 6.45) is -0.296. The first kappa shape index (κ1) is 22.5. The average molecular weight is 403 g/mol. The van der Waals surface area contributed by atoms with Gasteiger partial charge in [-0.1, -0.05) is 13.8 Å². The lowest BCUT2D eigenvalue weighted by Crippen LogP contribution is -2.45. The molecule has 1 heterocycles. The van der Waals surface area contributed by atoms with E-state index >= 15 is 0 Å². The number of fused-ring (bicyclic) bond motifs is 1. The molecule has 158 valence electrons. The highest BCUT2D eigenvalue weighted by molar-refractivity contribution is 5.87. The molecule has 2 aromatic rings. The Morgan fingerprint density at radius 2 is 1.83 bits per heavy atom. The van der Waals surface area contributed by atoms with Crippen LogP contribution in [0.3, 0.4) is 0 Å². The minimum atomic E-state index is -0.871. The lowest BCUT2D eigenvalue weighted by molar-refractivity contribution is -0.137. The zero-order valence-corrected chi connectivity index (χ0v) is 18.0. The third-order valence-corrected chi connectivity index (χ3v) is 4.21. The van der Waals surface area contributed by atoms with E-state index in [0.717, 1.165) is 10.9 Å². The van der Waals surface area contributed by atoms with Gasteiger partial charge in [0.2, 0.25) is 0 Å². The van der Waals surface area contributed by atoms with Crippen molar-refractivity contribution < 1.29 is 23.5 Å². The number of carbonyl (C=O) groups excluding carboxylic acids is 2. The molecule has 0 saturated carbocycles. The summed E-state index contributed by atoms with van der Waals surface area (Å²) in [6.45, 7) is 12.6. The maximum absolute atomic E-state index is 12.8. The second kappa shape index (κ2) is 8.68. The van der Waals surface area contributed by atoms with Crippen LogP contribution in [-0.4, -0.2) is 23.7 Å². The Morgan fingerprint density at radius 1 is 1.17 bits per heavy atom. The number of benzene rings is 1. The van der Waals surface area contributed by atoms with Crippen LogP contribution >= 0.6 is 0 Å². The molecular formula is C22H29NO6. The van der Waals surface area contributed by atoms with E-state index in [1.807, 2.05) is 20.8 Å². The lowest BCUT2D eigenvalue weighted by Gasteiger charge is -2.24. The van der Waals surface area contributed by atoms with Crippen LogP contribution in [0.4, 0.5) is 4.79 Å². The lowest BCUT2D eigenvalue weighted by atomic mass is 10.0. The fourth-order valence-corrected chi connectivity index (χ4v) is 2.93. The minimum Gasteiger partial charge on any atom is -0.444 e. The zero-order chi connectivity index (χ0) is 21.9. The summed E-state index contributed by atoms with van der Waals surface area (Å²) in [5.41, 5.74) is 0.547. The minimum absolute atomic E-state index is 0.140. The fraction of sp³-hybridized carbons (Fsp3) is 0.500. The molecule has 1 atom stereocenters. The van der Waals surface area contributed by atoms with Crippen molar-refractivity contribution in [1.82, 2.24) is 5.32 Å². The van der Waals surface area contributed by atoms with Gasteiger partial charge in [0.1, 0.15) is 23.0 Å². The number of esters is 1. The summed E-state index contributed by atoms with van der Waals surface area (Å²) < 4.78 is 16.1. The Morgan fingerprint density at radius 3 is 2.41 bits per heavy atom. The highest BCUT2D eigenvalue weighted by Gasteiger charge is 2.27. The first-order valence-corrected chi connectivity index (χ1v) is 9.62. The summed E-state index contributed by atoms with van der Waals surface area (Å²) in [5.74, 6) is -0.195. The molecule has 1 N–H and O–H groups in total. The summed E-state index contributed by atoms with van der Waals surface area (Å²) in [6, 6.07) is 3.94. The number of carbonyl (C=O) groups is 2. The largest absolute Gasteiger partial charge is 0.444 e. The molecule has 0 fully saturated rings. The van der Waals surface area contributed by atoms with E-state index in [2.05, 4.69) is 5.32 Å². The van der Waals surface area contributed by atoms with Gasteiger partial charge in [-0.05, 0) is 64.7 Å². The molecule has 0 aliphatic carbocycles. The molecule has 7 heteroatoms. The molecule has 0 saturated heterocycles. The van der Waals surface area contributed by atoms with E-state index in [1.54, 1.807) is 39.8 Å². The van der Waals surface area contributed by atoms with Crippen molar-refractivity contribution in [2.75, 3.05) is 0 Å². The number of amides is 1. The monoisotopic (exact) mass is 403 g/mol. The quantitative estimate of drug-likeness (QED) is 0.455. The normalized spacial score (nSPS) is 12.7. The number of nitrogens with one attached hydrogen (secondary N) is 1. The van der Waals surface area contributed by atoms with Crippen LogP contribution in [0, 0.1) is 19.8 Å². The Balaban J connectivity index is 2.27. The molecule has 0 aliphatic heterocycles. The van der Waals surface area contributed by atoms with Crippen molar-refractivity contribution in [2.45, 2.75) is 66.5 Å². The summed E-state index contributed by atoms with van der Waals surface area (Å²) in [5, 5.41) is 3.36. The predicted octanol–water partition coefficient (Wildman–Crippen LogP) is 4.25. The Kier molecular flexibility index (Phi) is 6.72. The van der Waals surface area contributed by atoms with Crippen LogP contribution in [-0.2, 0) is 9.53 Å². The molecule has 1 unspecified atom stereocenters. The standard InChI is InChI=1S/C22H29NO6/c1-12(2)10-16(23-21(26)29-22(5,6)7)20(25)27-17-9-8-15-13(3)11-18(24)28-19(15)14(17)4/h8-9,11-12,16H,10H2,1-7H3,(H,23,26). The maximum atomic E-state index is 12.8. The molecule has 1 amide bonds. The maximum Gasteiger partial charge on any atom is 0.408 e. The Labute approximate surface area is 170 Å². The van der Waals surface area contributed by atoms with Gasteiger partial charge in [0.15, 0.2) is 0 Å². The van der Waals surface area contributed by atoms with Crippen LogP contribution in [0.15, 0.2) is 27.4 Å². The van der Waals surface area contributed by atoms with Crippen molar-refractivity contribution in [1.29, 1.82) is 0 Å². The van der Waals surface area contributed by atoms with E-state index in [-0.39, 0.29) is 11.7 Å². The molecule has 1 aromatic carbocycles. The van der Waals surface area contributed by atoms with Crippen molar-refractivity contribution >= 4 is 23.0 Å². The van der Waals surface area contributed by atoms with Gasteiger partial charge in [-0.3, -0.25) is 0 Å². The average Bonchev–Trinajstić information content (AvgIpc) is 2.55. The van der Waals surface area contributed by atoms with Gasteiger partial charge in [0, 0.05) is 17.0 Å². The number of ether oxygens (including phenoxy) is 2. The molecule has 0 aliphatic rings. The van der Waals surface area contributed by atoms with Crippen molar-refractivity contribution in [3.8, 4) is 5.75 Å². The Bertz CT molecular complexity index is 968. The van der Waals surface area contributed by atoms with Crippen LogP contribution in [0.25, 0.3) is 11.0 Å². The smallest absolute Gasteiger partial charge is 0.408 e. The van der Waals surface area contributed by atoms with E-state index in [0.29, 0.717) is 17.6 Å². The molecule has 1 aromatic heterocycles. The third kappa shape index (κ3) is 6.07. The molecule has 29 heavy (non-hydrogen) atoms. The predicted molar refractivity (Wildman–Crippen MR) is 110 cm³/mol. The molecule has 0 radical (unpaired) electrons. The highest BCUT2D eigenvalue weighted by atomic mass is 16.6. The van der Waals surface area contributed by atoms with Gasteiger partial charge in [0.05, 0.1) is 0 Å². The number of rotatable bonds is 5. The molecule has 0 spiro atoms. The highest BCUT2D eigenvalue weighted by Crippen LogP contribution is 2.28. The van der Waals surface area contributed by atoms with Gasteiger partial charge in [-0.25, -0.2) is 14.4 Å². The SMILES string of the molecule is Cc1cc(=O)oc2c(C)c(OC(=O)C(CC(C)C)NC(=O)OC(C)(C)C)ccc12. The molecule has 0 bridgehead atoms. The summed E-state index contributed by atoms with van der Waals surface area (Å²) >= 11 is 0. The molecular weight excluding hydrogens is 374 g/mol. The zero-order valence-electron chi connectivity index (χ0n) is 18.0. The second-order valence-electron chi connectivity index (χ2n) is 8.56. The number of hydrogen-bond acceptors (Lipinski definition) is 6. The molecule has 2 rings (SSSR count). The van der Waals surface area contributed by atoms with Gasteiger partial charge in [0.25, 0.3) is 0 Å². The van der Waals surface area contributed by atoms with E-state index in [4.69, 9.17) is 13.9 Å². The summed E-state index contributed by atoms with van der Waals surface area (Å²) in [4.78, 5) is 36.6. The summed E-state index contributed by atoms with van der Waals surface area (Å²) in [7, 11) is 0. The van der Waals surface area contributed by atoms with Gasteiger partial charge >= 0.3 is 17.7 Å². The van der Waals surface area contributed by atoms with Crippen LogP contribution in [0.1, 0.15) is 52.2 Å². The number of hydrogen-bond donors (Lipinski definition) is 1. The Hall–Kier alpha value is -2.83. The molecule has 7 nitrogen and oxygen atoms in total. The first-order valence-electron chi connectivity index (χ1n) is 9.62. The number of alkyl carbamates (subject to hydrolysis) is 1.